The Hall–Kier alpha value is -0.560. The lowest BCUT2D eigenvalue weighted by atomic mass is 10.3. The summed E-state index contributed by atoms with van der Waals surface area (Å²) in [5.74, 6) is -0.309. The molecular weight excluding hydrogens is 292 g/mol. The second-order valence-corrected chi connectivity index (χ2v) is 3.51. The van der Waals surface area contributed by atoms with Crippen LogP contribution >= 0.6 is 34.2 Å². The molecule has 0 radical (unpaired) electrons. The Morgan fingerprint density at radius 2 is 2.25 bits per heavy atom. The number of nitrogens with zero attached hydrogens (tertiary/aromatic N) is 1. The molecule has 4 nitrogen and oxygen atoms in total. The monoisotopic (exact) mass is 297 g/mol. The number of pyridine rings is 1. The van der Waals surface area contributed by atoms with E-state index in [4.69, 9.17) is 23.1 Å². The van der Waals surface area contributed by atoms with Crippen LogP contribution in [0.25, 0.3) is 0 Å². The fourth-order valence-electron chi connectivity index (χ4n) is 0.650. The topological polar surface area (TPSA) is 82.0 Å². The van der Waals surface area contributed by atoms with Gasteiger partial charge in [-0.2, -0.15) is 0 Å². The van der Waals surface area contributed by atoms with Gasteiger partial charge in [-0.15, -0.1) is 0 Å². The summed E-state index contributed by atoms with van der Waals surface area (Å²) in [6, 6.07) is 0. The molecule has 0 atom stereocenters. The molecule has 0 fully saturated rings. The maximum absolute atomic E-state index is 10.7. The summed E-state index contributed by atoms with van der Waals surface area (Å²) >= 11 is 7.67. The van der Waals surface area contributed by atoms with Gasteiger partial charge in [-0.25, -0.2) is 4.98 Å². The van der Waals surface area contributed by atoms with Crippen LogP contribution < -0.4 is 11.5 Å². The minimum absolute atomic E-state index is 0.190. The summed E-state index contributed by atoms with van der Waals surface area (Å²) < 4.78 is 0.547. The van der Waals surface area contributed by atoms with Crippen molar-refractivity contribution in [3.63, 3.8) is 0 Å². The number of carbonyl (C=O) groups is 1. The molecule has 0 aliphatic heterocycles. The maximum Gasteiger partial charge on any atom is 0.251 e. The smallest absolute Gasteiger partial charge is 0.251 e. The molecule has 1 aromatic heterocycles. The second kappa shape index (κ2) is 3.44. The molecule has 12 heavy (non-hydrogen) atoms. The Morgan fingerprint density at radius 1 is 1.67 bits per heavy atom. The molecule has 0 saturated heterocycles. The van der Waals surface area contributed by atoms with Crippen molar-refractivity contribution in [3.8, 4) is 0 Å². The summed E-state index contributed by atoms with van der Waals surface area (Å²) in [6.07, 6.45) is 1.27. The SMILES string of the molecule is NC(=O)c1cnc(N)c(I)c1Cl. The zero-order valence-corrected chi connectivity index (χ0v) is 8.76. The number of nitrogens with two attached hydrogens (primary N) is 2. The van der Waals surface area contributed by atoms with Crippen LogP contribution in [0.15, 0.2) is 6.20 Å². The van der Waals surface area contributed by atoms with Crippen LogP contribution in [0.5, 0.6) is 0 Å². The van der Waals surface area contributed by atoms with Crippen LogP contribution in [0.3, 0.4) is 0 Å². The first-order valence-electron chi connectivity index (χ1n) is 2.93. The van der Waals surface area contributed by atoms with Gasteiger partial charge in [-0.1, -0.05) is 11.6 Å². The van der Waals surface area contributed by atoms with Gasteiger partial charge in [-0.05, 0) is 22.6 Å². The van der Waals surface area contributed by atoms with Gasteiger partial charge in [0.2, 0.25) is 0 Å². The molecule has 4 N–H and O–H groups in total. The molecule has 0 aliphatic rings. The van der Waals surface area contributed by atoms with E-state index >= 15 is 0 Å². The van der Waals surface area contributed by atoms with Crippen molar-refractivity contribution in [1.29, 1.82) is 0 Å². The van der Waals surface area contributed by atoms with Crippen molar-refractivity contribution < 1.29 is 4.79 Å². The third kappa shape index (κ3) is 1.61. The van der Waals surface area contributed by atoms with E-state index in [1.165, 1.54) is 6.20 Å². The Bertz CT molecular complexity index is 342. The molecule has 1 aromatic rings. The minimum atomic E-state index is -0.606. The highest BCUT2D eigenvalue weighted by atomic mass is 127. The molecule has 0 unspecified atom stereocenters. The summed E-state index contributed by atoms with van der Waals surface area (Å²) in [4.78, 5) is 14.5. The first-order chi connectivity index (χ1) is 5.54. The number of hydrogen-bond donors (Lipinski definition) is 2. The number of rotatable bonds is 1. The average molecular weight is 297 g/mol. The molecule has 6 heteroatoms. The summed E-state index contributed by atoms with van der Waals surface area (Å²) in [5.41, 5.74) is 10.7. The lowest BCUT2D eigenvalue weighted by Crippen LogP contribution is -2.13. The van der Waals surface area contributed by atoms with Crippen molar-refractivity contribution in [2.45, 2.75) is 0 Å². The zero-order valence-electron chi connectivity index (χ0n) is 5.84. The van der Waals surface area contributed by atoms with Crippen molar-refractivity contribution in [2.75, 3.05) is 5.73 Å². The summed E-state index contributed by atoms with van der Waals surface area (Å²) in [5, 5.41) is 0.260. The molecular formula is C6H5ClIN3O. The predicted molar refractivity (Wildman–Crippen MR) is 54.9 cm³/mol. The number of aromatic nitrogens is 1. The van der Waals surface area contributed by atoms with Crippen molar-refractivity contribution >= 4 is 45.9 Å². The van der Waals surface area contributed by atoms with Crippen molar-refractivity contribution in [2.24, 2.45) is 5.73 Å². The van der Waals surface area contributed by atoms with E-state index in [0.717, 1.165) is 0 Å². The van der Waals surface area contributed by atoms with Crippen LogP contribution in [0, 0.1) is 3.57 Å². The van der Waals surface area contributed by atoms with E-state index in [0.29, 0.717) is 9.39 Å². The van der Waals surface area contributed by atoms with E-state index in [1.54, 1.807) is 0 Å². The Balaban J connectivity index is 3.36. The molecule has 1 amide bonds. The summed E-state index contributed by atoms with van der Waals surface area (Å²) in [7, 11) is 0. The molecule has 1 heterocycles. The van der Waals surface area contributed by atoms with Gasteiger partial charge in [0.25, 0.3) is 5.91 Å². The van der Waals surface area contributed by atoms with Crippen molar-refractivity contribution in [1.82, 2.24) is 4.98 Å². The Kier molecular flexibility index (Phi) is 2.73. The highest BCUT2D eigenvalue weighted by molar-refractivity contribution is 14.1. The van der Waals surface area contributed by atoms with Gasteiger partial charge in [0.15, 0.2) is 0 Å². The number of amides is 1. The standard InChI is InChI=1S/C6H5ClIN3O/c7-3-2(6(10)12)1-11-5(9)4(3)8/h1H,(H2,9,11)(H2,10,12). The first-order valence-corrected chi connectivity index (χ1v) is 4.39. The van der Waals surface area contributed by atoms with Crippen LogP contribution in [0.2, 0.25) is 5.02 Å². The lowest BCUT2D eigenvalue weighted by Gasteiger charge is -2.02. The van der Waals surface area contributed by atoms with Gasteiger partial charge in [-0.3, -0.25) is 4.79 Å². The fourth-order valence-corrected chi connectivity index (χ4v) is 1.32. The number of nitrogen functional groups attached to an aromatic ring is 1. The molecule has 64 valence electrons. The quantitative estimate of drug-likeness (QED) is 0.759. The molecule has 0 saturated carbocycles. The molecule has 0 bridgehead atoms. The number of carbonyl (C=O) groups excluding carboxylic acids is 1. The Labute approximate surface area is 87.4 Å². The molecule has 0 aliphatic carbocycles. The van der Waals surface area contributed by atoms with Gasteiger partial charge < -0.3 is 11.5 Å². The highest BCUT2D eigenvalue weighted by Gasteiger charge is 2.12. The van der Waals surface area contributed by atoms with E-state index < -0.39 is 5.91 Å². The van der Waals surface area contributed by atoms with Crippen LogP contribution in [0.1, 0.15) is 10.4 Å². The number of halogens is 2. The fraction of sp³-hybridized carbons (Fsp3) is 0. The van der Waals surface area contributed by atoms with Gasteiger partial charge in [0.05, 0.1) is 14.2 Å². The third-order valence-electron chi connectivity index (χ3n) is 1.25. The molecule has 0 aromatic carbocycles. The molecule has 0 spiro atoms. The molecule has 1 rings (SSSR count). The lowest BCUT2D eigenvalue weighted by molar-refractivity contribution is 0.1000. The average Bonchev–Trinajstić information content (AvgIpc) is 2.00. The predicted octanol–water partition coefficient (Wildman–Crippen LogP) is 1.02. The normalized spacial score (nSPS) is 9.83. The highest BCUT2D eigenvalue weighted by Crippen LogP contribution is 2.25. The summed E-state index contributed by atoms with van der Waals surface area (Å²) in [6.45, 7) is 0. The van der Waals surface area contributed by atoms with Crippen LogP contribution in [-0.2, 0) is 0 Å². The number of anilines is 1. The maximum atomic E-state index is 10.7. The number of primary amides is 1. The largest absolute Gasteiger partial charge is 0.383 e. The van der Waals surface area contributed by atoms with E-state index in [1.807, 2.05) is 22.6 Å². The van der Waals surface area contributed by atoms with Gasteiger partial charge >= 0.3 is 0 Å². The van der Waals surface area contributed by atoms with Crippen molar-refractivity contribution in [3.05, 3.63) is 20.4 Å². The second-order valence-electron chi connectivity index (χ2n) is 2.05. The first kappa shape index (κ1) is 9.53. The third-order valence-corrected chi connectivity index (χ3v) is 3.06. The van der Waals surface area contributed by atoms with Crippen LogP contribution in [0.4, 0.5) is 5.82 Å². The van der Waals surface area contributed by atoms with Gasteiger partial charge in [0, 0.05) is 6.20 Å². The number of hydrogen-bond acceptors (Lipinski definition) is 3. The van der Waals surface area contributed by atoms with Crippen LogP contribution in [-0.4, -0.2) is 10.9 Å². The van der Waals surface area contributed by atoms with E-state index in [2.05, 4.69) is 4.98 Å². The Morgan fingerprint density at radius 3 is 2.75 bits per heavy atom. The van der Waals surface area contributed by atoms with E-state index in [9.17, 15) is 4.79 Å². The zero-order chi connectivity index (χ0) is 9.30. The minimum Gasteiger partial charge on any atom is -0.383 e. The van der Waals surface area contributed by atoms with Gasteiger partial charge in [0.1, 0.15) is 5.82 Å². The van der Waals surface area contributed by atoms with E-state index in [-0.39, 0.29) is 10.6 Å².